The molecule has 1 atom stereocenters. The van der Waals surface area contributed by atoms with Crippen molar-refractivity contribution in [2.24, 2.45) is 4.99 Å². The van der Waals surface area contributed by atoms with Crippen molar-refractivity contribution in [1.29, 1.82) is 0 Å². The summed E-state index contributed by atoms with van der Waals surface area (Å²) in [5.41, 5.74) is 1.13. The minimum absolute atomic E-state index is 0.0484. The first-order chi connectivity index (χ1) is 14.7. The Bertz CT molecular complexity index is 765. The molecule has 2 aromatic carbocycles. The Morgan fingerprint density at radius 2 is 1.70 bits per heavy atom. The summed E-state index contributed by atoms with van der Waals surface area (Å²) in [5, 5.41) is 6.56. The molecule has 0 fully saturated rings. The fraction of sp³-hybridized carbons (Fsp3) is 0.435. The highest BCUT2D eigenvalue weighted by Crippen LogP contribution is 2.26. The van der Waals surface area contributed by atoms with Crippen LogP contribution in [0, 0.1) is 0 Å². The highest BCUT2D eigenvalue weighted by Gasteiger charge is 2.09. The number of ether oxygens (including phenoxy) is 4. The number of hydrogen-bond donors (Lipinski definition) is 2. The Kier molecular flexibility index (Phi) is 10.4. The Morgan fingerprint density at radius 3 is 2.37 bits per heavy atom. The van der Waals surface area contributed by atoms with Crippen molar-refractivity contribution in [1.82, 2.24) is 10.6 Å². The van der Waals surface area contributed by atoms with Crippen LogP contribution in [0.4, 0.5) is 0 Å². The molecular formula is C23H33N3O4. The molecule has 7 nitrogen and oxygen atoms in total. The first-order valence-electron chi connectivity index (χ1n) is 10.1. The van der Waals surface area contributed by atoms with E-state index >= 15 is 0 Å². The number of methoxy groups -OCH3 is 2. The van der Waals surface area contributed by atoms with Gasteiger partial charge in [-0.2, -0.15) is 0 Å². The summed E-state index contributed by atoms with van der Waals surface area (Å²) in [6.45, 7) is 4.65. The summed E-state index contributed by atoms with van der Waals surface area (Å²) in [4.78, 5) is 4.24. The zero-order valence-electron chi connectivity index (χ0n) is 18.3. The van der Waals surface area contributed by atoms with Gasteiger partial charge < -0.3 is 29.6 Å². The van der Waals surface area contributed by atoms with E-state index in [1.54, 1.807) is 21.3 Å². The standard InChI is InChI=1S/C23H33N3O4/c1-18(30-22-9-6-5-8-21(22)28-4)16-26-23(24-2)25-14-7-15-29-17-19-10-12-20(27-3)13-11-19/h5-6,8-13,18H,7,14-17H2,1-4H3,(H2,24,25,26). The molecule has 0 amide bonds. The lowest BCUT2D eigenvalue weighted by Crippen LogP contribution is -2.42. The van der Waals surface area contributed by atoms with Crippen molar-refractivity contribution in [3.05, 3.63) is 54.1 Å². The number of aliphatic imine (C=N–C) groups is 1. The van der Waals surface area contributed by atoms with E-state index in [2.05, 4.69) is 15.6 Å². The lowest BCUT2D eigenvalue weighted by Gasteiger charge is -2.19. The molecule has 0 heterocycles. The molecule has 0 saturated carbocycles. The molecule has 1 unspecified atom stereocenters. The van der Waals surface area contributed by atoms with Crippen LogP contribution in [-0.2, 0) is 11.3 Å². The maximum atomic E-state index is 5.95. The van der Waals surface area contributed by atoms with Crippen LogP contribution in [0.2, 0.25) is 0 Å². The van der Waals surface area contributed by atoms with E-state index in [0.717, 1.165) is 41.7 Å². The third-order valence-electron chi connectivity index (χ3n) is 4.36. The van der Waals surface area contributed by atoms with Crippen molar-refractivity contribution in [2.45, 2.75) is 26.1 Å². The minimum atomic E-state index is -0.0484. The molecule has 0 radical (unpaired) electrons. The number of rotatable bonds is 12. The smallest absolute Gasteiger partial charge is 0.191 e. The predicted molar refractivity (Wildman–Crippen MR) is 120 cm³/mol. The Morgan fingerprint density at radius 1 is 0.967 bits per heavy atom. The van der Waals surface area contributed by atoms with Crippen LogP contribution in [-0.4, -0.2) is 53.0 Å². The van der Waals surface area contributed by atoms with Gasteiger partial charge in [0.05, 0.1) is 27.4 Å². The summed E-state index contributed by atoms with van der Waals surface area (Å²) in [6, 6.07) is 15.5. The minimum Gasteiger partial charge on any atom is -0.497 e. The second-order valence-electron chi connectivity index (χ2n) is 6.71. The van der Waals surface area contributed by atoms with Gasteiger partial charge in [0.2, 0.25) is 0 Å². The van der Waals surface area contributed by atoms with Crippen molar-refractivity contribution in [2.75, 3.05) is 41.0 Å². The number of nitrogens with zero attached hydrogens (tertiary/aromatic N) is 1. The quantitative estimate of drug-likeness (QED) is 0.315. The van der Waals surface area contributed by atoms with Gasteiger partial charge in [-0.3, -0.25) is 4.99 Å². The van der Waals surface area contributed by atoms with Gasteiger partial charge in [0, 0.05) is 20.2 Å². The van der Waals surface area contributed by atoms with Gasteiger partial charge in [0.25, 0.3) is 0 Å². The Hall–Kier alpha value is -2.93. The number of benzene rings is 2. The van der Waals surface area contributed by atoms with Crippen LogP contribution in [0.5, 0.6) is 17.2 Å². The van der Waals surface area contributed by atoms with Gasteiger partial charge in [-0.15, -0.1) is 0 Å². The molecule has 2 N–H and O–H groups in total. The molecule has 30 heavy (non-hydrogen) atoms. The predicted octanol–water partition coefficient (Wildman–Crippen LogP) is 3.24. The highest BCUT2D eigenvalue weighted by atomic mass is 16.5. The molecule has 0 aliphatic heterocycles. The van der Waals surface area contributed by atoms with Gasteiger partial charge >= 0.3 is 0 Å². The molecule has 0 saturated heterocycles. The second-order valence-corrected chi connectivity index (χ2v) is 6.71. The molecule has 164 valence electrons. The van der Waals surface area contributed by atoms with Gasteiger partial charge in [0.15, 0.2) is 17.5 Å². The summed E-state index contributed by atoms with van der Waals surface area (Å²) < 4.78 is 22.1. The lowest BCUT2D eigenvalue weighted by atomic mass is 10.2. The van der Waals surface area contributed by atoms with Gasteiger partial charge in [0.1, 0.15) is 11.9 Å². The monoisotopic (exact) mass is 415 g/mol. The van der Waals surface area contributed by atoms with E-state index < -0.39 is 0 Å². The molecule has 2 rings (SSSR count). The van der Waals surface area contributed by atoms with Crippen LogP contribution < -0.4 is 24.8 Å². The SMILES string of the molecule is CN=C(NCCCOCc1ccc(OC)cc1)NCC(C)Oc1ccccc1OC. The first-order valence-corrected chi connectivity index (χ1v) is 10.1. The molecule has 0 aliphatic rings. The lowest BCUT2D eigenvalue weighted by molar-refractivity contribution is 0.119. The second kappa shape index (κ2) is 13.3. The fourth-order valence-electron chi connectivity index (χ4n) is 2.73. The molecule has 7 heteroatoms. The van der Waals surface area contributed by atoms with Crippen molar-refractivity contribution in [3.8, 4) is 17.2 Å². The van der Waals surface area contributed by atoms with Gasteiger partial charge in [-0.05, 0) is 43.2 Å². The average Bonchev–Trinajstić information content (AvgIpc) is 2.78. The van der Waals surface area contributed by atoms with Gasteiger partial charge in [-0.1, -0.05) is 24.3 Å². The van der Waals surface area contributed by atoms with Gasteiger partial charge in [-0.25, -0.2) is 0 Å². The van der Waals surface area contributed by atoms with E-state index in [4.69, 9.17) is 18.9 Å². The molecule has 2 aromatic rings. The van der Waals surface area contributed by atoms with E-state index in [-0.39, 0.29) is 6.10 Å². The zero-order chi connectivity index (χ0) is 21.6. The molecule has 0 aromatic heterocycles. The van der Waals surface area contributed by atoms with Crippen LogP contribution in [0.3, 0.4) is 0 Å². The zero-order valence-corrected chi connectivity index (χ0v) is 18.3. The van der Waals surface area contributed by atoms with Crippen molar-refractivity contribution >= 4 is 5.96 Å². The van der Waals surface area contributed by atoms with E-state index in [0.29, 0.717) is 19.8 Å². The number of hydrogen-bond acceptors (Lipinski definition) is 5. The highest BCUT2D eigenvalue weighted by molar-refractivity contribution is 5.79. The summed E-state index contributed by atoms with van der Waals surface area (Å²) in [5.74, 6) is 3.04. The maximum absolute atomic E-state index is 5.95. The summed E-state index contributed by atoms with van der Waals surface area (Å²) >= 11 is 0. The third kappa shape index (κ3) is 8.21. The third-order valence-corrected chi connectivity index (χ3v) is 4.36. The summed E-state index contributed by atoms with van der Waals surface area (Å²) in [7, 11) is 5.05. The van der Waals surface area contributed by atoms with Crippen molar-refractivity contribution in [3.63, 3.8) is 0 Å². The van der Waals surface area contributed by atoms with Crippen LogP contribution in [0.15, 0.2) is 53.5 Å². The largest absolute Gasteiger partial charge is 0.497 e. The normalized spacial score (nSPS) is 12.2. The number of guanidine groups is 1. The Labute approximate surface area is 179 Å². The topological polar surface area (TPSA) is 73.3 Å². The van der Waals surface area contributed by atoms with E-state index in [1.165, 1.54) is 0 Å². The van der Waals surface area contributed by atoms with Crippen LogP contribution in [0.25, 0.3) is 0 Å². The molecular weight excluding hydrogens is 382 g/mol. The number of para-hydroxylation sites is 2. The van der Waals surface area contributed by atoms with Crippen molar-refractivity contribution < 1.29 is 18.9 Å². The molecule has 0 aliphatic carbocycles. The maximum Gasteiger partial charge on any atom is 0.191 e. The molecule has 0 spiro atoms. The fourth-order valence-corrected chi connectivity index (χ4v) is 2.73. The average molecular weight is 416 g/mol. The Balaban J connectivity index is 1.60. The van der Waals surface area contributed by atoms with Crippen LogP contribution in [0.1, 0.15) is 18.9 Å². The number of nitrogens with one attached hydrogen (secondary N) is 2. The first kappa shape index (κ1) is 23.3. The summed E-state index contributed by atoms with van der Waals surface area (Å²) in [6.07, 6.45) is 0.831. The molecule has 0 bridgehead atoms. The van der Waals surface area contributed by atoms with E-state index in [1.807, 2.05) is 55.5 Å². The van der Waals surface area contributed by atoms with Crippen LogP contribution >= 0.6 is 0 Å². The van der Waals surface area contributed by atoms with E-state index in [9.17, 15) is 0 Å².